The van der Waals surface area contributed by atoms with E-state index in [0.717, 1.165) is 19.6 Å². The van der Waals surface area contributed by atoms with Crippen LogP contribution in [-0.4, -0.2) is 52.9 Å². The lowest BCUT2D eigenvalue weighted by Crippen LogP contribution is -2.38. The predicted molar refractivity (Wildman–Crippen MR) is 63.7 cm³/mol. The van der Waals surface area contributed by atoms with Crippen LogP contribution in [0.5, 0.6) is 0 Å². The van der Waals surface area contributed by atoms with Crippen LogP contribution in [0.25, 0.3) is 0 Å². The molecule has 18 heavy (non-hydrogen) atoms. The number of nitrogens with two attached hydrogens (primary N) is 1. The van der Waals surface area contributed by atoms with Crippen LogP contribution >= 0.6 is 0 Å². The van der Waals surface area contributed by atoms with Gasteiger partial charge < -0.3 is 20.1 Å². The normalized spacial score (nSPS) is 23.2. The fourth-order valence-corrected chi connectivity index (χ4v) is 1.94. The summed E-state index contributed by atoms with van der Waals surface area (Å²) in [6.07, 6.45) is -0.558. The largest absolute Gasteiger partial charge is 0.383 e. The van der Waals surface area contributed by atoms with Gasteiger partial charge in [0.05, 0.1) is 6.61 Å². The van der Waals surface area contributed by atoms with Gasteiger partial charge in [-0.3, -0.25) is 4.90 Å². The molecule has 0 aliphatic carbocycles. The second-order valence-electron chi connectivity index (χ2n) is 4.34. The minimum atomic E-state index is -0.790. The molecular formula is C11H20N4O3. The first-order chi connectivity index (χ1) is 8.74. The van der Waals surface area contributed by atoms with E-state index in [2.05, 4.69) is 22.0 Å². The summed E-state index contributed by atoms with van der Waals surface area (Å²) >= 11 is 0. The molecular weight excluding hydrogens is 236 g/mol. The number of rotatable bonds is 5. The van der Waals surface area contributed by atoms with Crippen LogP contribution in [0.3, 0.4) is 0 Å². The molecule has 7 nitrogen and oxygen atoms in total. The number of ether oxygens (including phenoxy) is 1. The first-order valence-electron chi connectivity index (χ1n) is 6.30. The highest BCUT2D eigenvalue weighted by atomic mass is 16.5. The molecule has 0 radical (unpaired) electrons. The van der Waals surface area contributed by atoms with E-state index in [1.54, 1.807) is 0 Å². The highest BCUT2D eigenvalue weighted by Crippen LogP contribution is 2.22. The van der Waals surface area contributed by atoms with E-state index in [1.807, 2.05) is 0 Å². The van der Waals surface area contributed by atoms with Crippen LogP contribution in [0.1, 0.15) is 37.3 Å². The van der Waals surface area contributed by atoms with Crippen molar-refractivity contribution < 1.29 is 14.4 Å². The van der Waals surface area contributed by atoms with E-state index in [1.165, 1.54) is 0 Å². The summed E-state index contributed by atoms with van der Waals surface area (Å²) in [4.78, 5) is 6.45. The molecule has 0 amide bonds. The lowest BCUT2D eigenvalue weighted by Gasteiger charge is -2.30. The van der Waals surface area contributed by atoms with Gasteiger partial charge in [0.1, 0.15) is 12.2 Å². The van der Waals surface area contributed by atoms with Crippen molar-refractivity contribution in [3.63, 3.8) is 0 Å². The topological polar surface area (TPSA) is 97.6 Å². The number of hydrogen-bond acceptors (Lipinski definition) is 7. The van der Waals surface area contributed by atoms with Crippen molar-refractivity contribution >= 4 is 0 Å². The van der Waals surface area contributed by atoms with Gasteiger partial charge in [-0.2, -0.15) is 4.98 Å². The number of aromatic nitrogens is 2. The third-order valence-electron chi connectivity index (χ3n) is 3.07. The number of hydrogen-bond donors (Lipinski definition) is 2. The highest BCUT2D eigenvalue weighted by Gasteiger charge is 2.26. The van der Waals surface area contributed by atoms with Crippen molar-refractivity contribution in [2.24, 2.45) is 5.73 Å². The number of aliphatic hydroxyl groups excluding tert-OH is 1. The lowest BCUT2D eigenvalue weighted by atomic mass is 10.2. The molecule has 1 aliphatic heterocycles. The van der Waals surface area contributed by atoms with E-state index < -0.39 is 6.10 Å². The average molecular weight is 256 g/mol. The van der Waals surface area contributed by atoms with Gasteiger partial charge in [0, 0.05) is 13.1 Å². The molecule has 2 heterocycles. The Morgan fingerprint density at radius 1 is 1.61 bits per heavy atom. The van der Waals surface area contributed by atoms with E-state index in [9.17, 15) is 5.11 Å². The van der Waals surface area contributed by atoms with Crippen LogP contribution in [0, 0.1) is 0 Å². The molecule has 102 valence electrons. The molecule has 0 saturated carbocycles. The molecule has 0 bridgehead atoms. The molecule has 0 aromatic carbocycles. The highest BCUT2D eigenvalue weighted by molar-refractivity contribution is 4.96. The Balaban J connectivity index is 2.00. The first kappa shape index (κ1) is 13.4. The van der Waals surface area contributed by atoms with Crippen LogP contribution in [0.2, 0.25) is 0 Å². The molecule has 2 rings (SSSR count). The number of morpholine rings is 1. The Morgan fingerprint density at radius 2 is 2.44 bits per heavy atom. The zero-order chi connectivity index (χ0) is 13.0. The fourth-order valence-electron chi connectivity index (χ4n) is 1.94. The zero-order valence-electron chi connectivity index (χ0n) is 10.6. The van der Waals surface area contributed by atoms with E-state index >= 15 is 0 Å². The molecule has 1 aromatic rings. The molecule has 1 fully saturated rings. The summed E-state index contributed by atoms with van der Waals surface area (Å²) in [5.41, 5.74) is 5.37. The second kappa shape index (κ2) is 6.24. The number of nitrogens with zero attached hydrogens (tertiary/aromatic N) is 3. The Bertz CT molecular complexity index is 371. The van der Waals surface area contributed by atoms with Crippen molar-refractivity contribution in [2.75, 3.05) is 32.8 Å². The van der Waals surface area contributed by atoms with Gasteiger partial charge in [0.2, 0.25) is 5.82 Å². The first-order valence-corrected chi connectivity index (χ1v) is 6.30. The van der Waals surface area contributed by atoms with Crippen LogP contribution in [0.4, 0.5) is 0 Å². The third-order valence-corrected chi connectivity index (χ3v) is 3.07. The van der Waals surface area contributed by atoms with Crippen molar-refractivity contribution in [3.05, 3.63) is 11.7 Å². The van der Waals surface area contributed by atoms with Crippen molar-refractivity contribution in [3.8, 4) is 0 Å². The average Bonchev–Trinajstić information content (AvgIpc) is 2.89. The van der Waals surface area contributed by atoms with E-state index in [-0.39, 0.29) is 12.0 Å². The number of aliphatic hydroxyl groups is 1. The van der Waals surface area contributed by atoms with Gasteiger partial charge in [-0.25, -0.2) is 0 Å². The summed E-state index contributed by atoms with van der Waals surface area (Å²) in [6.45, 7) is 5.79. The van der Waals surface area contributed by atoms with Gasteiger partial charge in [0.25, 0.3) is 5.89 Å². The predicted octanol–water partition coefficient (Wildman–Crippen LogP) is -0.155. The van der Waals surface area contributed by atoms with Gasteiger partial charge in [-0.1, -0.05) is 12.1 Å². The molecule has 2 unspecified atom stereocenters. The number of likely N-dealkylation sites (N-methyl/N-ethyl adjacent to an activating group) is 1. The summed E-state index contributed by atoms with van der Waals surface area (Å²) in [7, 11) is 0. The monoisotopic (exact) mass is 256 g/mol. The summed E-state index contributed by atoms with van der Waals surface area (Å²) in [5, 5.41) is 13.6. The van der Waals surface area contributed by atoms with Crippen LogP contribution in [0.15, 0.2) is 4.52 Å². The second-order valence-corrected chi connectivity index (χ2v) is 4.34. The Labute approximate surface area is 106 Å². The molecule has 3 N–H and O–H groups in total. The standard InChI is InChI=1S/C11H20N4O3/c1-2-15-5-6-17-9(7-15)10-13-11(18-14-10)8(16)3-4-12/h8-9,16H,2-7,12H2,1H3. The van der Waals surface area contributed by atoms with E-state index in [4.69, 9.17) is 15.0 Å². The molecule has 2 atom stereocenters. The minimum absolute atomic E-state index is 0.179. The Morgan fingerprint density at radius 3 is 3.17 bits per heavy atom. The maximum Gasteiger partial charge on any atom is 0.255 e. The maximum atomic E-state index is 9.70. The SMILES string of the molecule is CCN1CCOC(c2noc(C(O)CCN)n2)C1. The molecule has 1 saturated heterocycles. The van der Waals surface area contributed by atoms with Gasteiger partial charge in [-0.15, -0.1) is 0 Å². The summed E-state index contributed by atoms with van der Waals surface area (Å²) < 4.78 is 10.7. The van der Waals surface area contributed by atoms with Crippen molar-refractivity contribution in [1.82, 2.24) is 15.0 Å². The summed E-state index contributed by atoms with van der Waals surface area (Å²) in [6, 6.07) is 0. The molecule has 0 spiro atoms. The molecule has 1 aromatic heterocycles. The zero-order valence-corrected chi connectivity index (χ0v) is 10.6. The van der Waals surface area contributed by atoms with Gasteiger partial charge in [-0.05, 0) is 19.5 Å². The van der Waals surface area contributed by atoms with E-state index in [0.29, 0.717) is 25.4 Å². The maximum absolute atomic E-state index is 9.70. The minimum Gasteiger partial charge on any atom is -0.383 e. The fraction of sp³-hybridized carbons (Fsp3) is 0.818. The Kier molecular flexibility index (Phi) is 4.65. The molecule has 1 aliphatic rings. The Hall–Kier alpha value is -1.02. The third kappa shape index (κ3) is 3.05. The van der Waals surface area contributed by atoms with Crippen LogP contribution < -0.4 is 5.73 Å². The quantitative estimate of drug-likeness (QED) is 0.755. The van der Waals surface area contributed by atoms with Gasteiger partial charge >= 0.3 is 0 Å². The molecule has 7 heteroatoms. The smallest absolute Gasteiger partial charge is 0.255 e. The van der Waals surface area contributed by atoms with Crippen molar-refractivity contribution in [2.45, 2.75) is 25.6 Å². The summed E-state index contributed by atoms with van der Waals surface area (Å²) in [5.74, 6) is 0.715. The van der Waals surface area contributed by atoms with Crippen molar-refractivity contribution in [1.29, 1.82) is 0 Å². The lowest BCUT2D eigenvalue weighted by molar-refractivity contribution is -0.0334. The van der Waals surface area contributed by atoms with Gasteiger partial charge in [0.15, 0.2) is 0 Å². The van der Waals surface area contributed by atoms with Crippen LogP contribution in [-0.2, 0) is 4.74 Å².